The van der Waals surface area contributed by atoms with E-state index in [0.29, 0.717) is 23.4 Å². The van der Waals surface area contributed by atoms with E-state index < -0.39 is 9.84 Å². The van der Waals surface area contributed by atoms with Gasteiger partial charge in [-0.1, -0.05) is 18.7 Å². The quantitative estimate of drug-likeness (QED) is 0.703. The van der Waals surface area contributed by atoms with Crippen molar-refractivity contribution in [1.29, 1.82) is 0 Å². The lowest BCUT2D eigenvalue weighted by Gasteiger charge is -2.36. The van der Waals surface area contributed by atoms with Gasteiger partial charge in [-0.25, -0.2) is 8.42 Å². The number of sulfone groups is 1. The molecule has 0 saturated carbocycles. The van der Waals surface area contributed by atoms with Crippen molar-refractivity contribution in [3.8, 4) is 0 Å². The van der Waals surface area contributed by atoms with Gasteiger partial charge in [-0.2, -0.15) is 0 Å². The Labute approximate surface area is 159 Å². The molecule has 26 heavy (non-hydrogen) atoms. The highest BCUT2D eigenvalue weighted by molar-refractivity contribution is 8.00. The number of amides is 1. The highest BCUT2D eigenvalue weighted by atomic mass is 32.2. The van der Waals surface area contributed by atoms with Gasteiger partial charge in [-0.05, 0) is 39.0 Å². The minimum absolute atomic E-state index is 0.0931. The van der Waals surface area contributed by atoms with Crippen molar-refractivity contribution in [1.82, 2.24) is 19.7 Å². The van der Waals surface area contributed by atoms with E-state index in [1.165, 1.54) is 18.2 Å². The molecular weight excluding hydrogens is 372 g/mol. The number of piperidine rings is 1. The fourth-order valence-electron chi connectivity index (χ4n) is 3.94. The number of aromatic nitrogens is 3. The smallest absolute Gasteiger partial charge is 0.236 e. The van der Waals surface area contributed by atoms with Crippen LogP contribution >= 0.6 is 11.8 Å². The number of likely N-dealkylation sites (tertiary alicyclic amines) is 1. The minimum atomic E-state index is -2.96. The average molecular weight is 401 g/mol. The molecule has 0 unspecified atom stereocenters. The Morgan fingerprint density at radius 3 is 2.73 bits per heavy atom. The van der Waals surface area contributed by atoms with Crippen LogP contribution in [0.3, 0.4) is 0 Å². The van der Waals surface area contributed by atoms with Gasteiger partial charge in [0.1, 0.15) is 5.82 Å². The van der Waals surface area contributed by atoms with Crippen LogP contribution in [0, 0.1) is 0 Å². The van der Waals surface area contributed by atoms with E-state index in [2.05, 4.69) is 17.1 Å². The number of rotatable bonds is 5. The second kappa shape index (κ2) is 7.88. The fraction of sp³-hybridized carbons (Fsp3) is 0.824. The summed E-state index contributed by atoms with van der Waals surface area (Å²) >= 11 is 1.41. The first-order valence-electron chi connectivity index (χ1n) is 9.39. The normalized spacial score (nSPS) is 26.8. The van der Waals surface area contributed by atoms with Gasteiger partial charge in [0.2, 0.25) is 5.91 Å². The van der Waals surface area contributed by atoms with Crippen molar-refractivity contribution in [2.75, 3.05) is 18.1 Å². The average Bonchev–Trinajstić information content (AvgIpc) is 3.16. The zero-order valence-electron chi connectivity index (χ0n) is 15.7. The van der Waals surface area contributed by atoms with Gasteiger partial charge in [0, 0.05) is 25.6 Å². The van der Waals surface area contributed by atoms with Crippen LogP contribution in [0.25, 0.3) is 0 Å². The largest absolute Gasteiger partial charge is 0.339 e. The van der Waals surface area contributed by atoms with E-state index in [4.69, 9.17) is 0 Å². The Morgan fingerprint density at radius 2 is 2.08 bits per heavy atom. The van der Waals surface area contributed by atoms with Crippen LogP contribution in [0.1, 0.15) is 57.7 Å². The summed E-state index contributed by atoms with van der Waals surface area (Å²) in [5.41, 5.74) is 0. The molecule has 3 atom stereocenters. The summed E-state index contributed by atoms with van der Waals surface area (Å²) in [6.45, 7) is 4.90. The van der Waals surface area contributed by atoms with Gasteiger partial charge in [0.25, 0.3) is 0 Å². The Morgan fingerprint density at radius 1 is 1.31 bits per heavy atom. The molecule has 0 radical (unpaired) electrons. The second-order valence-corrected chi connectivity index (χ2v) is 10.9. The van der Waals surface area contributed by atoms with Crippen LogP contribution in [-0.2, 0) is 21.7 Å². The molecule has 146 valence electrons. The van der Waals surface area contributed by atoms with Gasteiger partial charge in [-0.15, -0.1) is 10.2 Å². The van der Waals surface area contributed by atoms with Gasteiger partial charge in [0.05, 0.1) is 16.8 Å². The molecule has 9 heteroatoms. The van der Waals surface area contributed by atoms with Crippen molar-refractivity contribution in [3.63, 3.8) is 0 Å². The molecule has 0 bridgehead atoms. The molecule has 2 aliphatic rings. The predicted octanol–water partition coefficient (Wildman–Crippen LogP) is 1.99. The van der Waals surface area contributed by atoms with Gasteiger partial charge in [-0.3, -0.25) is 4.79 Å². The van der Waals surface area contributed by atoms with Crippen LogP contribution in [0.4, 0.5) is 0 Å². The van der Waals surface area contributed by atoms with E-state index in [1.807, 2.05) is 23.4 Å². The molecule has 0 N–H and O–H groups in total. The lowest BCUT2D eigenvalue weighted by Crippen LogP contribution is -2.46. The Kier molecular flexibility index (Phi) is 5.96. The minimum Gasteiger partial charge on any atom is -0.339 e. The zero-order valence-corrected chi connectivity index (χ0v) is 17.4. The maximum atomic E-state index is 12.9. The van der Waals surface area contributed by atoms with Crippen LogP contribution in [-0.4, -0.2) is 63.3 Å². The highest BCUT2D eigenvalue weighted by Crippen LogP contribution is 2.31. The molecular formula is C17H28N4O3S2. The van der Waals surface area contributed by atoms with Gasteiger partial charge in [0.15, 0.2) is 15.0 Å². The van der Waals surface area contributed by atoms with Crippen molar-refractivity contribution in [2.24, 2.45) is 7.05 Å². The molecule has 7 nitrogen and oxygen atoms in total. The molecule has 0 spiro atoms. The third-order valence-electron chi connectivity index (χ3n) is 5.48. The van der Waals surface area contributed by atoms with E-state index in [0.717, 1.165) is 25.8 Å². The van der Waals surface area contributed by atoms with Crippen molar-refractivity contribution in [2.45, 2.75) is 68.3 Å². The van der Waals surface area contributed by atoms with Crippen LogP contribution < -0.4 is 0 Å². The van der Waals surface area contributed by atoms with Crippen molar-refractivity contribution in [3.05, 3.63) is 5.82 Å². The molecule has 2 fully saturated rings. The maximum Gasteiger partial charge on any atom is 0.236 e. The number of carbonyl (C=O) groups is 1. The van der Waals surface area contributed by atoms with Crippen molar-refractivity contribution < 1.29 is 13.2 Å². The molecule has 0 aromatic carbocycles. The summed E-state index contributed by atoms with van der Waals surface area (Å²) in [7, 11) is -1.10. The lowest BCUT2D eigenvalue weighted by molar-refractivity contribution is -0.134. The summed E-state index contributed by atoms with van der Waals surface area (Å²) in [4.78, 5) is 14.9. The highest BCUT2D eigenvalue weighted by Gasteiger charge is 2.34. The number of carbonyl (C=O) groups excluding carboxylic acids is 1. The van der Waals surface area contributed by atoms with Crippen LogP contribution in [0.15, 0.2) is 5.16 Å². The lowest BCUT2D eigenvalue weighted by atomic mass is 10.00. The number of thioether (sulfide) groups is 1. The van der Waals surface area contributed by atoms with Crippen LogP contribution in [0.2, 0.25) is 0 Å². The number of hydrogen-bond acceptors (Lipinski definition) is 6. The fourth-order valence-corrected chi connectivity index (χ4v) is 6.57. The molecule has 3 rings (SSSR count). The zero-order chi connectivity index (χ0) is 18.9. The van der Waals surface area contributed by atoms with Gasteiger partial charge < -0.3 is 9.47 Å². The summed E-state index contributed by atoms with van der Waals surface area (Å²) < 4.78 is 25.3. The molecule has 2 saturated heterocycles. The molecule has 1 aromatic rings. The molecule has 0 aliphatic carbocycles. The first-order valence-corrected chi connectivity index (χ1v) is 12.1. The summed E-state index contributed by atoms with van der Waals surface area (Å²) in [5.74, 6) is 1.14. The number of hydrogen-bond donors (Lipinski definition) is 0. The third-order valence-corrected chi connectivity index (χ3v) is 8.37. The molecule has 2 aliphatic heterocycles. The first-order chi connectivity index (χ1) is 12.3. The van der Waals surface area contributed by atoms with E-state index >= 15 is 0 Å². The number of nitrogens with zero attached hydrogens (tertiary/aromatic N) is 4. The Hall–Kier alpha value is -1.09. The SMILES string of the molecule is CC[C@@H]1CCCCN1C(=O)[C@@H](C)Sc1nnc([C@H]2CCS(=O)(=O)C2)n1C. The van der Waals surface area contributed by atoms with E-state index in [1.54, 1.807) is 0 Å². The summed E-state index contributed by atoms with van der Waals surface area (Å²) in [6.07, 6.45) is 4.95. The predicted molar refractivity (Wildman–Crippen MR) is 102 cm³/mol. The topological polar surface area (TPSA) is 85.2 Å². The van der Waals surface area contributed by atoms with E-state index in [-0.39, 0.29) is 28.6 Å². The Balaban J connectivity index is 1.68. The van der Waals surface area contributed by atoms with Crippen LogP contribution in [0.5, 0.6) is 0 Å². The van der Waals surface area contributed by atoms with E-state index in [9.17, 15) is 13.2 Å². The molecule has 1 aromatic heterocycles. The van der Waals surface area contributed by atoms with Gasteiger partial charge >= 0.3 is 0 Å². The maximum absolute atomic E-state index is 12.9. The second-order valence-electron chi connectivity index (χ2n) is 7.35. The molecule has 1 amide bonds. The standard InChI is InChI=1S/C17H28N4O3S2/c1-4-14-7-5-6-9-21(14)16(22)12(2)25-17-19-18-15(20(17)3)13-8-10-26(23,24)11-13/h12-14H,4-11H2,1-3H3/t12-,13+,14-/m1/s1. The first kappa shape index (κ1) is 19.7. The van der Waals surface area contributed by atoms with Crippen molar-refractivity contribution >= 4 is 27.5 Å². The summed E-state index contributed by atoms with van der Waals surface area (Å²) in [5, 5.41) is 8.89. The summed E-state index contributed by atoms with van der Waals surface area (Å²) in [6, 6.07) is 0.345. The Bertz CT molecular complexity index is 762. The monoisotopic (exact) mass is 400 g/mol. The third kappa shape index (κ3) is 4.08. The molecule has 3 heterocycles.